The molecule has 4 amide bonds. The molecule has 10 heteroatoms. The molecule has 0 aliphatic carbocycles. The van der Waals surface area contributed by atoms with Crippen molar-refractivity contribution in [2.45, 2.75) is 37.8 Å². The summed E-state index contributed by atoms with van der Waals surface area (Å²) in [5.41, 5.74) is 7.41. The number of hydrogen-bond donors (Lipinski definition) is 3. The number of anilines is 1. The number of carbonyl (C=O) groups is 4. The van der Waals surface area contributed by atoms with E-state index < -0.39 is 11.9 Å². The molecule has 1 aromatic rings. The quantitative estimate of drug-likeness (QED) is 0.500. The summed E-state index contributed by atoms with van der Waals surface area (Å²) in [5, 5.41) is 4.93. The average Bonchev–Trinajstić information content (AvgIpc) is 2.82. The smallest absolute Gasteiger partial charge is 0.251 e. The first kappa shape index (κ1) is 23.2. The van der Waals surface area contributed by atoms with Crippen LogP contribution in [0.25, 0.3) is 0 Å². The van der Waals surface area contributed by atoms with Gasteiger partial charge in [-0.2, -0.15) is 0 Å². The molecule has 178 valence electrons. The van der Waals surface area contributed by atoms with E-state index in [4.69, 9.17) is 5.73 Å². The molecule has 4 rings (SSSR count). The molecule has 0 spiro atoms. The largest absolute Gasteiger partial charge is 0.369 e. The minimum absolute atomic E-state index is 0.182. The number of rotatable bonds is 5. The fourth-order valence-corrected chi connectivity index (χ4v) is 4.50. The number of piperidine rings is 2. The third-order valence-corrected chi connectivity index (χ3v) is 6.66. The van der Waals surface area contributed by atoms with E-state index in [1.807, 2.05) is 17.0 Å². The number of likely N-dealkylation sites (tertiary alicyclic amines) is 1. The SMILES string of the molecule is NC1CCN(C(=O)CN2CCN(c3ccc(C(=O)NC4CCC(=O)NC4=O)cc3)CC2)CC1. The average molecular weight is 457 g/mol. The van der Waals surface area contributed by atoms with Gasteiger partial charge in [0.05, 0.1) is 6.54 Å². The van der Waals surface area contributed by atoms with Gasteiger partial charge in [-0.15, -0.1) is 0 Å². The number of nitrogens with one attached hydrogen (secondary N) is 2. The Labute approximate surface area is 193 Å². The highest BCUT2D eigenvalue weighted by Gasteiger charge is 2.28. The predicted octanol–water partition coefficient (Wildman–Crippen LogP) is -0.707. The lowest BCUT2D eigenvalue weighted by molar-refractivity contribution is -0.135. The van der Waals surface area contributed by atoms with Crippen LogP contribution in [0.2, 0.25) is 0 Å². The Hall–Kier alpha value is -2.98. The summed E-state index contributed by atoms with van der Waals surface area (Å²) in [6.07, 6.45) is 2.29. The fraction of sp³-hybridized carbons (Fsp3) is 0.565. The van der Waals surface area contributed by atoms with Gasteiger partial charge in [0, 0.05) is 63.0 Å². The van der Waals surface area contributed by atoms with E-state index in [0.717, 1.165) is 57.8 Å². The van der Waals surface area contributed by atoms with E-state index in [9.17, 15) is 19.2 Å². The minimum atomic E-state index is -0.688. The Morgan fingerprint density at radius 1 is 0.970 bits per heavy atom. The third kappa shape index (κ3) is 5.88. The maximum Gasteiger partial charge on any atom is 0.251 e. The van der Waals surface area contributed by atoms with Crippen molar-refractivity contribution in [2.75, 3.05) is 50.7 Å². The number of piperazine rings is 1. The predicted molar refractivity (Wildman–Crippen MR) is 123 cm³/mol. The molecule has 0 radical (unpaired) electrons. The number of amides is 4. The lowest BCUT2D eigenvalue weighted by Crippen LogP contribution is -2.52. The van der Waals surface area contributed by atoms with Crippen LogP contribution in [-0.2, 0) is 14.4 Å². The first-order valence-corrected chi connectivity index (χ1v) is 11.6. The lowest BCUT2D eigenvalue weighted by atomic mass is 10.1. The minimum Gasteiger partial charge on any atom is -0.369 e. The normalized spacial score (nSPS) is 22.8. The topological polar surface area (TPSA) is 128 Å². The van der Waals surface area contributed by atoms with Crippen molar-refractivity contribution >= 4 is 29.3 Å². The summed E-state index contributed by atoms with van der Waals surface area (Å²) in [7, 11) is 0. The van der Waals surface area contributed by atoms with Gasteiger partial charge in [0.2, 0.25) is 17.7 Å². The van der Waals surface area contributed by atoms with Gasteiger partial charge in [-0.1, -0.05) is 0 Å². The van der Waals surface area contributed by atoms with Crippen molar-refractivity contribution in [3.05, 3.63) is 29.8 Å². The second-order valence-corrected chi connectivity index (χ2v) is 9.01. The van der Waals surface area contributed by atoms with Crippen LogP contribution in [0.4, 0.5) is 5.69 Å². The highest BCUT2D eigenvalue weighted by atomic mass is 16.2. The standard InChI is InChI=1S/C23H32N6O4/c24-17-7-9-29(10-8-17)21(31)15-27-11-13-28(14-12-27)18-3-1-16(2-4-18)22(32)25-19-5-6-20(30)26-23(19)33/h1-4,17,19H,5-15,24H2,(H,25,32)(H,26,30,33). The number of nitrogens with two attached hydrogens (primary N) is 1. The summed E-state index contributed by atoms with van der Waals surface area (Å²) >= 11 is 0. The molecule has 4 N–H and O–H groups in total. The van der Waals surface area contributed by atoms with Gasteiger partial charge in [0.25, 0.3) is 5.91 Å². The summed E-state index contributed by atoms with van der Waals surface area (Å²) in [6.45, 7) is 5.17. The third-order valence-electron chi connectivity index (χ3n) is 6.66. The molecule has 33 heavy (non-hydrogen) atoms. The summed E-state index contributed by atoms with van der Waals surface area (Å²) in [5.74, 6) is -0.924. The molecule has 1 aromatic carbocycles. The van der Waals surface area contributed by atoms with Crippen LogP contribution in [0.3, 0.4) is 0 Å². The maximum atomic E-state index is 12.6. The van der Waals surface area contributed by atoms with Crippen LogP contribution in [0.15, 0.2) is 24.3 Å². The Balaban J connectivity index is 1.23. The van der Waals surface area contributed by atoms with Crippen molar-refractivity contribution in [3.63, 3.8) is 0 Å². The zero-order valence-electron chi connectivity index (χ0n) is 18.8. The van der Waals surface area contributed by atoms with Crippen LogP contribution in [-0.4, -0.2) is 91.3 Å². The van der Waals surface area contributed by atoms with Crippen molar-refractivity contribution in [1.82, 2.24) is 20.4 Å². The molecule has 3 fully saturated rings. The molecule has 3 saturated heterocycles. The Bertz CT molecular complexity index is 889. The van der Waals surface area contributed by atoms with Gasteiger partial charge in [-0.3, -0.25) is 29.4 Å². The summed E-state index contributed by atoms with van der Waals surface area (Å²) in [6, 6.07) is 6.81. The molecule has 0 aromatic heterocycles. The summed E-state index contributed by atoms with van der Waals surface area (Å²) < 4.78 is 0. The second-order valence-electron chi connectivity index (χ2n) is 9.01. The molecule has 3 aliphatic heterocycles. The van der Waals surface area contributed by atoms with E-state index in [-0.39, 0.29) is 30.2 Å². The van der Waals surface area contributed by atoms with Gasteiger partial charge in [0.1, 0.15) is 6.04 Å². The molecule has 10 nitrogen and oxygen atoms in total. The fourth-order valence-electron chi connectivity index (χ4n) is 4.50. The van der Waals surface area contributed by atoms with Gasteiger partial charge >= 0.3 is 0 Å². The second kappa shape index (κ2) is 10.3. The van der Waals surface area contributed by atoms with Crippen molar-refractivity contribution in [3.8, 4) is 0 Å². The highest BCUT2D eigenvalue weighted by molar-refractivity contribution is 6.03. The number of hydrogen-bond acceptors (Lipinski definition) is 7. The van der Waals surface area contributed by atoms with Crippen molar-refractivity contribution in [2.24, 2.45) is 5.73 Å². The monoisotopic (exact) mass is 456 g/mol. The Kier molecular flexibility index (Phi) is 7.24. The Morgan fingerprint density at radius 3 is 2.27 bits per heavy atom. The van der Waals surface area contributed by atoms with Crippen LogP contribution >= 0.6 is 0 Å². The molecule has 1 unspecified atom stereocenters. The lowest BCUT2D eigenvalue weighted by Gasteiger charge is -2.37. The van der Waals surface area contributed by atoms with E-state index >= 15 is 0 Å². The van der Waals surface area contributed by atoms with Crippen LogP contribution in [0.1, 0.15) is 36.0 Å². The molecular weight excluding hydrogens is 424 g/mol. The van der Waals surface area contributed by atoms with Gasteiger partial charge in [-0.05, 0) is 43.5 Å². The van der Waals surface area contributed by atoms with Crippen LogP contribution in [0.5, 0.6) is 0 Å². The van der Waals surface area contributed by atoms with Gasteiger partial charge < -0.3 is 20.9 Å². The van der Waals surface area contributed by atoms with Crippen molar-refractivity contribution < 1.29 is 19.2 Å². The first-order chi connectivity index (χ1) is 15.9. The maximum absolute atomic E-state index is 12.6. The van der Waals surface area contributed by atoms with E-state index in [1.165, 1.54) is 0 Å². The van der Waals surface area contributed by atoms with E-state index in [0.29, 0.717) is 18.5 Å². The molecule has 1 atom stereocenters. The molecule has 3 aliphatic rings. The molecule has 0 bridgehead atoms. The molecule has 3 heterocycles. The van der Waals surface area contributed by atoms with Crippen molar-refractivity contribution in [1.29, 1.82) is 0 Å². The summed E-state index contributed by atoms with van der Waals surface area (Å²) in [4.78, 5) is 54.5. The van der Waals surface area contributed by atoms with Crippen LogP contribution < -0.4 is 21.3 Å². The van der Waals surface area contributed by atoms with Gasteiger partial charge in [0.15, 0.2) is 0 Å². The van der Waals surface area contributed by atoms with Crippen LogP contribution in [0, 0.1) is 0 Å². The number of benzene rings is 1. The zero-order chi connectivity index (χ0) is 23.4. The highest BCUT2D eigenvalue weighted by Crippen LogP contribution is 2.18. The van der Waals surface area contributed by atoms with E-state index in [2.05, 4.69) is 20.4 Å². The van der Waals surface area contributed by atoms with E-state index in [1.54, 1.807) is 12.1 Å². The zero-order valence-corrected chi connectivity index (χ0v) is 18.8. The number of carbonyl (C=O) groups excluding carboxylic acids is 4. The molecular formula is C23H32N6O4. The molecule has 0 saturated carbocycles. The number of imide groups is 1. The Morgan fingerprint density at radius 2 is 1.64 bits per heavy atom. The van der Waals surface area contributed by atoms with Gasteiger partial charge in [-0.25, -0.2) is 0 Å². The number of nitrogens with zero attached hydrogens (tertiary/aromatic N) is 3. The first-order valence-electron chi connectivity index (χ1n) is 11.6.